The van der Waals surface area contributed by atoms with Gasteiger partial charge in [0.25, 0.3) is 0 Å². The van der Waals surface area contributed by atoms with Crippen LogP contribution in [0.25, 0.3) is 0 Å². The molecule has 0 unspecified atom stereocenters. The number of hydrogen-bond donors (Lipinski definition) is 1. The monoisotopic (exact) mass is 230 g/mol. The molecule has 16 heavy (non-hydrogen) atoms. The Morgan fingerprint density at radius 3 is 2.62 bits per heavy atom. The maximum absolute atomic E-state index is 12.3. The second kappa shape index (κ2) is 3.64. The lowest BCUT2D eigenvalue weighted by Gasteiger charge is -2.13. The summed E-state index contributed by atoms with van der Waals surface area (Å²) in [5, 5.41) is 0. The van der Waals surface area contributed by atoms with Crippen molar-refractivity contribution in [2.45, 2.75) is 38.8 Å². The molecule has 88 valence electrons. The van der Waals surface area contributed by atoms with E-state index >= 15 is 0 Å². The molecule has 0 saturated heterocycles. The van der Waals surface area contributed by atoms with Crippen LogP contribution in [0.4, 0.5) is 18.9 Å². The second-order valence-corrected chi connectivity index (χ2v) is 4.17. The first-order chi connectivity index (χ1) is 7.38. The van der Waals surface area contributed by atoms with Gasteiger partial charge in [-0.1, -0.05) is 0 Å². The zero-order valence-electron chi connectivity index (χ0n) is 8.99. The summed E-state index contributed by atoms with van der Waals surface area (Å²) in [6.45, 7) is 1.61. The highest BCUT2D eigenvalue weighted by Gasteiger charge is 2.31. The third-order valence-corrected chi connectivity index (χ3v) is 2.99. The molecule has 0 bridgehead atoms. The predicted octanol–water partition coefficient (Wildman–Crippen LogP) is 2.57. The lowest BCUT2D eigenvalue weighted by Crippen LogP contribution is -2.16. The molecule has 5 heteroatoms. The van der Waals surface area contributed by atoms with Gasteiger partial charge in [0.2, 0.25) is 0 Å². The number of anilines is 1. The smallest absolute Gasteiger partial charge is 0.394 e. The van der Waals surface area contributed by atoms with Crippen molar-refractivity contribution >= 4 is 5.69 Å². The fourth-order valence-electron chi connectivity index (χ4n) is 2.13. The van der Waals surface area contributed by atoms with Gasteiger partial charge in [0.15, 0.2) is 0 Å². The van der Waals surface area contributed by atoms with Crippen molar-refractivity contribution < 1.29 is 13.2 Å². The van der Waals surface area contributed by atoms with E-state index in [0.717, 1.165) is 30.5 Å². The molecule has 0 amide bonds. The Bertz CT molecular complexity index is 424. The maximum Gasteiger partial charge on any atom is 0.394 e. The fraction of sp³-hybridized carbons (Fsp3) is 0.545. The lowest BCUT2D eigenvalue weighted by atomic mass is 10.0. The Balaban J connectivity index is 2.44. The molecule has 1 aromatic heterocycles. The molecule has 0 spiro atoms. The number of aromatic nitrogens is 1. The Hall–Kier alpha value is -1.26. The topological polar surface area (TPSA) is 38.9 Å². The number of nitrogens with zero attached hydrogens (tertiary/aromatic N) is 1. The summed E-state index contributed by atoms with van der Waals surface area (Å²) in [5.41, 5.74) is 8.61. The van der Waals surface area contributed by atoms with Crippen LogP contribution in [0.2, 0.25) is 0 Å². The average molecular weight is 230 g/mol. The van der Waals surface area contributed by atoms with E-state index in [1.165, 1.54) is 0 Å². The van der Waals surface area contributed by atoms with E-state index in [-0.39, 0.29) is 5.69 Å². The van der Waals surface area contributed by atoms with Gasteiger partial charge in [-0.25, -0.2) is 0 Å². The molecule has 0 saturated carbocycles. The van der Waals surface area contributed by atoms with E-state index in [1.54, 1.807) is 6.92 Å². The van der Waals surface area contributed by atoms with Crippen LogP contribution in [0.5, 0.6) is 0 Å². The molecule has 1 heterocycles. The van der Waals surface area contributed by atoms with E-state index in [9.17, 15) is 13.2 Å². The van der Waals surface area contributed by atoms with Gasteiger partial charge < -0.3 is 5.73 Å². The first kappa shape index (κ1) is 11.2. The van der Waals surface area contributed by atoms with Crippen molar-refractivity contribution in [3.8, 4) is 0 Å². The number of alkyl halides is 3. The number of rotatable bonds is 1. The molecule has 0 radical (unpaired) electrons. The van der Waals surface area contributed by atoms with Crippen LogP contribution in [0.3, 0.4) is 0 Å². The van der Waals surface area contributed by atoms with Crippen molar-refractivity contribution in [2.75, 3.05) is 5.73 Å². The Labute approximate surface area is 91.7 Å². The van der Waals surface area contributed by atoms with Crippen LogP contribution >= 0.6 is 0 Å². The normalized spacial score (nSPS) is 15.2. The highest BCUT2D eigenvalue weighted by molar-refractivity contribution is 5.58. The molecule has 1 aromatic rings. The lowest BCUT2D eigenvalue weighted by molar-refractivity contribution is -0.127. The van der Waals surface area contributed by atoms with E-state index in [4.69, 9.17) is 5.73 Å². The quantitative estimate of drug-likeness (QED) is 0.805. The van der Waals surface area contributed by atoms with Crippen LogP contribution in [0.15, 0.2) is 0 Å². The molecule has 2 rings (SSSR count). The van der Waals surface area contributed by atoms with Gasteiger partial charge in [-0.15, -0.1) is 0 Å². The fourth-order valence-corrected chi connectivity index (χ4v) is 2.13. The molecule has 1 aliphatic rings. The van der Waals surface area contributed by atoms with Crippen molar-refractivity contribution in [1.29, 1.82) is 0 Å². The van der Waals surface area contributed by atoms with Crippen LogP contribution in [-0.2, 0) is 19.3 Å². The number of halogens is 3. The highest BCUT2D eigenvalue weighted by atomic mass is 19.4. The van der Waals surface area contributed by atoms with Crippen molar-refractivity contribution in [1.82, 2.24) is 4.98 Å². The van der Waals surface area contributed by atoms with Crippen molar-refractivity contribution in [3.05, 3.63) is 22.5 Å². The van der Waals surface area contributed by atoms with Gasteiger partial charge in [0, 0.05) is 11.4 Å². The molecule has 2 nitrogen and oxygen atoms in total. The third kappa shape index (κ3) is 1.99. The summed E-state index contributed by atoms with van der Waals surface area (Å²) in [5.74, 6) is 0. The summed E-state index contributed by atoms with van der Waals surface area (Å²) in [4.78, 5) is 4.10. The van der Waals surface area contributed by atoms with Gasteiger partial charge in [-0.3, -0.25) is 4.98 Å². The summed E-state index contributed by atoms with van der Waals surface area (Å²) in [6, 6.07) is 0. The first-order valence-corrected chi connectivity index (χ1v) is 5.22. The Morgan fingerprint density at radius 2 is 2.00 bits per heavy atom. The molecule has 1 aliphatic carbocycles. The standard InChI is InChI=1S/C11H13F3N2/c1-6-9(5-11(12,13)14)16-8-4-2-3-7(8)10(6)15/h2-5H2,1H3,(H2,15,16). The maximum atomic E-state index is 12.3. The van der Waals surface area contributed by atoms with E-state index < -0.39 is 12.6 Å². The van der Waals surface area contributed by atoms with Gasteiger partial charge in [-0.2, -0.15) is 13.2 Å². The summed E-state index contributed by atoms with van der Waals surface area (Å²) in [6.07, 6.45) is -2.71. The minimum absolute atomic E-state index is 0.0747. The largest absolute Gasteiger partial charge is 0.398 e. The molecule has 0 fully saturated rings. The summed E-state index contributed by atoms with van der Waals surface area (Å²) >= 11 is 0. The molecular formula is C11H13F3N2. The Morgan fingerprint density at radius 1 is 1.31 bits per heavy atom. The Kier molecular flexibility index (Phi) is 2.56. The minimum atomic E-state index is -4.23. The average Bonchev–Trinajstić information content (AvgIpc) is 2.59. The first-order valence-electron chi connectivity index (χ1n) is 5.22. The van der Waals surface area contributed by atoms with E-state index in [2.05, 4.69) is 4.98 Å². The molecule has 2 N–H and O–H groups in total. The molecule has 0 aromatic carbocycles. The molecular weight excluding hydrogens is 217 g/mol. The van der Waals surface area contributed by atoms with Gasteiger partial charge in [0.1, 0.15) is 0 Å². The number of pyridine rings is 1. The van der Waals surface area contributed by atoms with Crippen LogP contribution in [-0.4, -0.2) is 11.2 Å². The number of hydrogen-bond acceptors (Lipinski definition) is 2. The number of fused-ring (bicyclic) bond motifs is 1. The minimum Gasteiger partial charge on any atom is -0.398 e. The predicted molar refractivity (Wildman–Crippen MR) is 55.2 cm³/mol. The number of nitrogens with two attached hydrogens (primary N) is 1. The molecule has 0 atom stereocenters. The molecule has 0 aliphatic heterocycles. The SMILES string of the molecule is Cc1c(CC(F)(F)F)nc2c(c1N)CCC2. The van der Waals surface area contributed by atoms with Crippen LogP contribution < -0.4 is 5.73 Å². The second-order valence-electron chi connectivity index (χ2n) is 4.17. The van der Waals surface area contributed by atoms with Crippen LogP contribution in [0.1, 0.15) is 28.9 Å². The van der Waals surface area contributed by atoms with E-state index in [1.807, 2.05) is 0 Å². The number of aryl methyl sites for hydroxylation is 1. The summed E-state index contributed by atoms with van der Waals surface area (Å²) < 4.78 is 37.0. The zero-order chi connectivity index (χ0) is 11.9. The highest BCUT2D eigenvalue weighted by Crippen LogP contribution is 2.32. The number of nitrogen functional groups attached to an aromatic ring is 1. The van der Waals surface area contributed by atoms with Crippen molar-refractivity contribution in [2.24, 2.45) is 0 Å². The van der Waals surface area contributed by atoms with Crippen LogP contribution in [0, 0.1) is 6.92 Å². The van der Waals surface area contributed by atoms with E-state index in [0.29, 0.717) is 11.3 Å². The zero-order valence-corrected chi connectivity index (χ0v) is 8.99. The van der Waals surface area contributed by atoms with Gasteiger partial charge in [-0.05, 0) is 37.3 Å². The third-order valence-electron chi connectivity index (χ3n) is 2.99. The summed E-state index contributed by atoms with van der Waals surface area (Å²) in [7, 11) is 0. The van der Waals surface area contributed by atoms with Gasteiger partial charge >= 0.3 is 6.18 Å². The van der Waals surface area contributed by atoms with Gasteiger partial charge in [0.05, 0.1) is 12.1 Å². The van der Waals surface area contributed by atoms with Crippen molar-refractivity contribution in [3.63, 3.8) is 0 Å².